The zero-order valence-electron chi connectivity index (χ0n) is 14.2. The molecule has 0 heterocycles. The minimum atomic E-state index is -0.381. The van der Waals surface area contributed by atoms with Crippen LogP contribution in [0.5, 0.6) is 0 Å². The van der Waals surface area contributed by atoms with Gasteiger partial charge < -0.3 is 8.85 Å². The molecule has 0 radical (unpaired) electrons. The molecule has 4 heteroatoms. The first kappa shape index (κ1) is 19.4. The van der Waals surface area contributed by atoms with E-state index in [2.05, 4.69) is 41.5 Å². The second kappa shape index (κ2) is 10.1. The number of rotatable bonds is 12. The van der Waals surface area contributed by atoms with Gasteiger partial charge in [0.25, 0.3) is 0 Å². The van der Waals surface area contributed by atoms with Crippen LogP contribution in [0.3, 0.4) is 0 Å². The Labute approximate surface area is 125 Å². The average molecular weight is 305 g/mol. The molecule has 0 unspecified atom stereocenters. The standard InChI is InChI=1S/C15H36O2Si2/c1-7-14(8-2,9-3)16-18-13-19-17-15(10-4,11-5)12-6/h7-13,18-19H2,1-6H3. The SMILES string of the molecule is CCC(CC)(CC)O[SiH2]C[SiH2]OC(CC)(CC)CC. The molecule has 116 valence electrons. The smallest absolute Gasteiger partial charge is 0.161 e. The van der Waals surface area contributed by atoms with Gasteiger partial charge in [0.05, 0.1) is 11.2 Å². The van der Waals surface area contributed by atoms with Crippen molar-refractivity contribution >= 4 is 19.5 Å². The monoisotopic (exact) mass is 304 g/mol. The van der Waals surface area contributed by atoms with E-state index < -0.39 is 0 Å². The lowest BCUT2D eigenvalue weighted by molar-refractivity contribution is 0.0555. The predicted octanol–water partition coefficient (Wildman–Crippen LogP) is 3.50. The summed E-state index contributed by atoms with van der Waals surface area (Å²) in [6.45, 7) is 13.5. The highest BCUT2D eigenvalue weighted by atomic mass is 28.3. The lowest BCUT2D eigenvalue weighted by Gasteiger charge is -2.33. The van der Waals surface area contributed by atoms with Crippen molar-refractivity contribution in [2.24, 2.45) is 0 Å². The Hall–Kier alpha value is 0.354. The molecule has 0 aliphatic rings. The molecule has 0 aromatic carbocycles. The van der Waals surface area contributed by atoms with Gasteiger partial charge in [-0.25, -0.2) is 0 Å². The highest BCUT2D eigenvalue weighted by molar-refractivity contribution is 6.48. The third kappa shape index (κ3) is 6.11. The molecular weight excluding hydrogens is 268 g/mol. The van der Waals surface area contributed by atoms with Crippen LogP contribution in [0.15, 0.2) is 0 Å². The minimum absolute atomic E-state index is 0.179. The second-order valence-electron chi connectivity index (χ2n) is 5.54. The Balaban J connectivity index is 3.98. The van der Waals surface area contributed by atoms with E-state index in [0.717, 1.165) is 38.5 Å². The van der Waals surface area contributed by atoms with Gasteiger partial charge in [-0.05, 0) is 44.2 Å². The van der Waals surface area contributed by atoms with E-state index >= 15 is 0 Å². The Morgan fingerprint density at radius 2 is 0.842 bits per heavy atom. The zero-order valence-corrected chi connectivity index (χ0v) is 17.0. The fraction of sp³-hybridized carbons (Fsp3) is 1.00. The zero-order chi connectivity index (χ0) is 14.8. The van der Waals surface area contributed by atoms with Crippen molar-refractivity contribution < 1.29 is 8.85 Å². The molecule has 0 aliphatic carbocycles. The van der Waals surface area contributed by atoms with E-state index in [9.17, 15) is 0 Å². The van der Waals surface area contributed by atoms with Crippen molar-refractivity contribution in [3.8, 4) is 0 Å². The van der Waals surface area contributed by atoms with E-state index in [1.165, 1.54) is 5.67 Å². The minimum Gasteiger partial charge on any atom is -0.419 e. The van der Waals surface area contributed by atoms with Crippen LogP contribution < -0.4 is 0 Å². The molecule has 0 aliphatic heterocycles. The Bertz CT molecular complexity index is 176. The van der Waals surface area contributed by atoms with Gasteiger partial charge in [-0.1, -0.05) is 41.5 Å². The predicted molar refractivity (Wildman–Crippen MR) is 91.3 cm³/mol. The first-order chi connectivity index (χ1) is 9.07. The third-order valence-corrected chi connectivity index (χ3v) is 8.91. The molecule has 0 aromatic heterocycles. The molecule has 0 bridgehead atoms. The molecule has 0 saturated carbocycles. The van der Waals surface area contributed by atoms with Gasteiger partial charge >= 0.3 is 0 Å². The molecule has 19 heavy (non-hydrogen) atoms. The summed E-state index contributed by atoms with van der Waals surface area (Å²) in [4.78, 5) is 0. The summed E-state index contributed by atoms with van der Waals surface area (Å²) in [5.41, 5.74) is 1.64. The van der Waals surface area contributed by atoms with Gasteiger partial charge in [-0.2, -0.15) is 0 Å². The van der Waals surface area contributed by atoms with Gasteiger partial charge in [0.1, 0.15) is 0 Å². The lowest BCUT2D eigenvalue weighted by atomic mass is 9.95. The Morgan fingerprint density at radius 1 is 0.579 bits per heavy atom. The molecule has 0 N–H and O–H groups in total. The molecule has 0 saturated heterocycles. The summed E-state index contributed by atoms with van der Waals surface area (Å²) in [7, 11) is -0.762. The lowest BCUT2D eigenvalue weighted by Crippen LogP contribution is -2.34. The Kier molecular flexibility index (Phi) is 10.3. The number of hydrogen-bond donors (Lipinski definition) is 0. The van der Waals surface area contributed by atoms with E-state index in [-0.39, 0.29) is 30.7 Å². The molecule has 0 amide bonds. The second-order valence-corrected chi connectivity index (χ2v) is 9.76. The van der Waals surface area contributed by atoms with E-state index in [1.807, 2.05) is 0 Å². The summed E-state index contributed by atoms with van der Waals surface area (Å²) >= 11 is 0. The highest BCUT2D eigenvalue weighted by Crippen LogP contribution is 2.25. The topological polar surface area (TPSA) is 18.5 Å². The molecule has 0 rings (SSSR count). The van der Waals surface area contributed by atoms with Crippen molar-refractivity contribution in [1.82, 2.24) is 0 Å². The highest BCUT2D eigenvalue weighted by Gasteiger charge is 2.25. The third-order valence-electron chi connectivity index (χ3n) is 4.97. The quantitative estimate of drug-likeness (QED) is 0.406. The number of hydrogen-bond acceptors (Lipinski definition) is 2. The van der Waals surface area contributed by atoms with Crippen LogP contribution in [0.4, 0.5) is 0 Å². The van der Waals surface area contributed by atoms with Crippen molar-refractivity contribution in [3.63, 3.8) is 0 Å². The van der Waals surface area contributed by atoms with E-state index in [1.54, 1.807) is 0 Å². The van der Waals surface area contributed by atoms with Crippen LogP contribution in [-0.2, 0) is 8.85 Å². The normalized spacial score (nSPS) is 14.2. The van der Waals surface area contributed by atoms with E-state index in [0.29, 0.717) is 0 Å². The maximum atomic E-state index is 6.29. The van der Waals surface area contributed by atoms with Crippen molar-refractivity contribution in [1.29, 1.82) is 0 Å². The van der Waals surface area contributed by atoms with Gasteiger partial charge in [-0.15, -0.1) is 0 Å². The van der Waals surface area contributed by atoms with Crippen LogP contribution in [0.25, 0.3) is 0 Å². The van der Waals surface area contributed by atoms with Crippen molar-refractivity contribution in [2.75, 3.05) is 0 Å². The van der Waals surface area contributed by atoms with Crippen LogP contribution >= 0.6 is 0 Å². The molecule has 0 fully saturated rings. The van der Waals surface area contributed by atoms with Crippen LogP contribution in [0, 0.1) is 0 Å². The summed E-state index contributed by atoms with van der Waals surface area (Å²) in [6, 6.07) is 0. The molecular formula is C15H36O2Si2. The molecule has 2 nitrogen and oxygen atoms in total. The summed E-state index contributed by atoms with van der Waals surface area (Å²) in [5.74, 6) is 0. The average Bonchev–Trinajstić information content (AvgIpc) is 2.48. The maximum Gasteiger partial charge on any atom is 0.161 e. The fourth-order valence-electron chi connectivity index (χ4n) is 2.75. The maximum absolute atomic E-state index is 6.29. The summed E-state index contributed by atoms with van der Waals surface area (Å²) in [5, 5.41) is 0. The van der Waals surface area contributed by atoms with Gasteiger partial charge in [-0.3, -0.25) is 0 Å². The Morgan fingerprint density at radius 3 is 1.05 bits per heavy atom. The first-order valence-corrected chi connectivity index (χ1v) is 11.5. The first-order valence-electron chi connectivity index (χ1n) is 8.35. The largest absolute Gasteiger partial charge is 0.419 e. The van der Waals surface area contributed by atoms with Crippen LogP contribution in [-0.4, -0.2) is 30.7 Å². The summed E-state index contributed by atoms with van der Waals surface area (Å²) < 4.78 is 12.6. The van der Waals surface area contributed by atoms with Crippen molar-refractivity contribution in [3.05, 3.63) is 0 Å². The van der Waals surface area contributed by atoms with Gasteiger partial charge in [0.15, 0.2) is 19.5 Å². The van der Waals surface area contributed by atoms with Crippen molar-refractivity contribution in [2.45, 2.75) is 96.9 Å². The van der Waals surface area contributed by atoms with Gasteiger partial charge in [0.2, 0.25) is 0 Å². The van der Waals surface area contributed by atoms with E-state index in [4.69, 9.17) is 8.85 Å². The van der Waals surface area contributed by atoms with Gasteiger partial charge in [0, 0.05) is 0 Å². The van der Waals surface area contributed by atoms with Crippen LogP contribution in [0.2, 0.25) is 5.67 Å². The van der Waals surface area contributed by atoms with Crippen LogP contribution in [0.1, 0.15) is 80.1 Å². The molecule has 0 spiro atoms. The molecule has 0 aromatic rings. The fourth-order valence-corrected chi connectivity index (χ4v) is 6.47. The molecule has 0 atom stereocenters. The summed E-state index contributed by atoms with van der Waals surface area (Å²) in [6.07, 6.45) is 6.91.